The first-order valence-electron chi connectivity index (χ1n) is 3.30. The van der Waals surface area contributed by atoms with Crippen LogP contribution in [-0.4, -0.2) is 30.5 Å². The van der Waals surface area contributed by atoms with Crippen LogP contribution in [0.2, 0.25) is 0 Å². The minimum absolute atomic E-state index is 0. The van der Waals surface area contributed by atoms with Crippen molar-refractivity contribution in [1.82, 2.24) is 0 Å². The monoisotopic (exact) mass is 236 g/mol. The number of esters is 1. The number of ether oxygens (including phenoxy) is 1. The first-order chi connectivity index (χ1) is 5.04. The van der Waals surface area contributed by atoms with Gasteiger partial charge in [0.15, 0.2) is 6.29 Å². The summed E-state index contributed by atoms with van der Waals surface area (Å²) in [5.41, 5.74) is 9.81. The molecule has 74 valence electrons. The van der Waals surface area contributed by atoms with Crippen molar-refractivity contribution in [3.05, 3.63) is 0 Å². The molecule has 0 bridgehead atoms. The normalized spacial score (nSPS) is 8.64. The zero-order chi connectivity index (χ0) is 9.28. The van der Waals surface area contributed by atoms with Gasteiger partial charge in [0.1, 0.15) is 0 Å². The van der Waals surface area contributed by atoms with Gasteiger partial charge < -0.3 is 25.6 Å². The molecule has 0 radical (unpaired) electrons. The van der Waals surface area contributed by atoms with Crippen molar-refractivity contribution in [1.29, 1.82) is 0 Å². The Balaban J connectivity index is -0.0000000125. The van der Waals surface area contributed by atoms with Gasteiger partial charge in [0.25, 0.3) is 0 Å². The van der Waals surface area contributed by atoms with Gasteiger partial charge in [-0.15, -0.1) is 0 Å². The third kappa shape index (κ3) is 47.3. The molecule has 0 heterocycles. The average molecular weight is 236 g/mol. The van der Waals surface area contributed by atoms with E-state index in [0.717, 1.165) is 0 Å². The molecule has 1 unspecified atom stereocenters. The predicted molar refractivity (Wildman–Crippen MR) is 44.9 cm³/mol. The van der Waals surface area contributed by atoms with Crippen LogP contribution in [0.1, 0.15) is 18.1 Å². The standard InChI is InChI=1S/C4H8O3.C2H8N2.3Na.3H/c1-3(5)7-4(2)6;3-1-2-4;;;;;;/h3,5H,1-2H3;1-4H2;;;;;;/q;;3*+1;3*-1. The SMILES string of the molecule is CC(=O)OC(C)O.NCCN.[H-].[H-].[H-].[Na+].[Na+].[Na+]. The van der Waals surface area contributed by atoms with E-state index in [4.69, 9.17) is 16.6 Å². The van der Waals surface area contributed by atoms with Crippen LogP contribution in [0.5, 0.6) is 0 Å². The molecule has 0 aliphatic rings. The zero-order valence-corrected chi connectivity index (χ0v) is 15.9. The third-order valence-electron chi connectivity index (χ3n) is 0.503. The first kappa shape index (κ1) is 29.9. The molecule has 0 aromatic rings. The second kappa shape index (κ2) is 24.5. The van der Waals surface area contributed by atoms with E-state index in [0.29, 0.717) is 13.1 Å². The second-order valence-corrected chi connectivity index (χ2v) is 1.79. The topological polar surface area (TPSA) is 98.6 Å². The Morgan fingerprint density at radius 2 is 1.64 bits per heavy atom. The van der Waals surface area contributed by atoms with Crippen LogP contribution in [0.25, 0.3) is 0 Å². The van der Waals surface area contributed by atoms with Gasteiger partial charge in [0, 0.05) is 20.0 Å². The summed E-state index contributed by atoms with van der Waals surface area (Å²) in [6.07, 6.45) is -0.975. The van der Waals surface area contributed by atoms with E-state index in [1.165, 1.54) is 13.8 Å². The van der Waals surface area contributed by atoms with E-state index in [-0.39, 0.29) is 93.0 Å². The molecule has 1 atom stereocenters. The molecule has 0 spiro atoms. The molecule has 0 aromatic heterocycles. The Bertz CT molecular complexity index is 116. The molecule has 14 heavy (non-hydrogen) atoms. The fourth-order valence-electron chi connectivity index (χ4n) is 0.240. The van der Waals surface area contributed by atoms with E-state index in [2.05, 4.69) is 4.74 Å². The third-order valence-corrected chi connectivity index (χ3v) is 0.503. The molecular formula is C6H19N2Na3O3. The van der Waals surface area contributed by atoms with Crippen LogP contribution >= 0.6 is 0 Å². The summed E-state index contributed by atoms with van der Waals surface area (Å²) < 4.78 is 4.17. The predicted octanol–water partition coefficient (Wildman–Crippen LogP) is -9.86. The number of rotatable bonds is 2. The first-order valence-corrected chi connectivity index (χ1v) is 3.30. The van der Waals surface area contributed by atoms with Gasteiger partial charge in [-0.05, 0) is 6.92 Å². The molecule has 5 N–H and O–H groups in total. The van der Waals surface area contributed by atoms with Crippen molar-refractivity contribution < 1.29 is 108 Å². The van der Waals surface area contributed by atoms with Gasteiger partial charge in [-0.3, -0.25) is 4.79 Å². The minimum atomic E-state index is -0.975. The average Bonchev–Trinajstić information content (AvgIpc) is 1.85. The fourth-order valence-corrected chi connectivity index (χ4v) is 0.240. The van der Waals surface area contributed by atoms with E-state index < -0.39 is 12.3 Å². The smallest absolute Gasteiger partial charge is 1.00 e. The van der Waals surface area contributed by atoms with Crippen molar-refractivity contribution in [2.24, 2.45) is 11.5 Å². The Kier molecular flexibility index (Phi) is 52.4. The molecule has 0 aromatic carbocycles. The molecule has 5 nitrogen and oxygen atoms in total. The summed E-state index contributed by atoms with van der Waals surface area (Å²) in [6.45, 7) is 3.81. The summed E-state index contributed by atoms with van der Waals surface area (Å²) in [4.78, 5) is 9.87. The van der Waals surface area contributed by atoms with Crippen LogP contribution in [0.15, 0.2) is 0 Å². The van der Waals surface area contributed by atoms with Crippen molar-refractivity contribution in [2.75, 3.05) is 13.1 Å². The van der Waals surface area contributed by atoms with E-state index >= 15 is 0 Å². The van der Waals surface area contributed by atoms with Crippen molar-refractivity contribution in [3.63, 3.8) is 0 Å². The number of hydrogen-bond donors (Lipinski definition) is 3. The Hall–Kier alpha value is 2.35. The van der Waals surface area contributed by atoms with Gasteiger partial charge in [0.2, 0.25) is 0 Å². The molecule has 0 saturated carbocycles. The maximum absolute atomic E-state index is 9.87. The number of hydrogen-bond acceptors (Lipinski definition) is 5. The van der Waals surface area contributed by atoms with Crippen molar-refractivity contribution in [2.45, 2.75) is 20.1 Å². The minimum Gasteiger partial charge on any atom is -1.00 e. The zero-order valence-electron chi connectivity index (χ0n) is 12.9. The van der Waals surface area contributed by atoms with Crippen LogP contribution in [0.3, 0.4) is 0 Å². The van der Waals surface area contributed by atoms with Crippen molar-refractivity contribution >= 4 is 5.97 Å². The Morgan fingerprint density at radius 1 is 1.36 bits per heavy atom. The quantitative estimate of drug-likeness (QED) is 0.251. The molecule has 8 heteroatoms. The number of carbonyl (C=O) groups excluding carboxylic acids is 1. The molecule has 0 saturated heterocycles. The molecular weight excluding hydrogens is 217 g/mol. The van der Waals surface area contributed by atoms with Crippen LogP contribution in [-0.2, 0) is 9.53 Å². The molecule has 0 aliphatic carbocycles. The summed E-state index contributed by atoms with van der Waals surface area (Å²) in [6, 6.07) is 0. The second-order valence-electron chi connectivity index (χ2n) is 1.79. The van der Waals surface area contributed by atoms with Crippen LogP contribution in [0.4, 0.5) is 0 Å². The van der Waals surface area contributed by atoms with E-state index in [1.807, 2.05) is 0 Å². The summed E-state index contributed by atoms with van der Waals surface area (Å²) in [7, 11) is 0. The van der Waals surface area contributed by atoms with Gasteiger partial charge in [0.05, 0.1) is 0 Å². The Labute approximate surface area is 156 Å². The number of aliphatic hydroxyl groups excluding tert-OH is 1. The van der Waals surface area contributed by atoms with E-state index in [9.17, 15) is 4.79 Å². The van der Waals surface area contributed by atoms with Gasteiger partial charge >= 0.3 is 94.6 Å². The largest absolute Gasteiger partial charge is 1.00 e. The van der Waals surface area contributed by atoms with Crippen molar-refractivity contribution in [3.8, 4) is 0 Å². The summed E-state index contributed by atoms with van der Waals surface area (Å²) in [5.74, 6) is -0.463. The maximum Gasteiger partial charge on any atom is 1.00 e. The summed E-state index contributed by atoms with van der Waals surface area (Å²) in [5, 5.41) is 8.28. The van der Waals surface area contributed by atoms with E-state index in [1.54, 1.807) is 0 Å². The van der Waals surface area contributed by atoms with Crippen LogP contribution < -0.4 is 100 Å². The number of aliphatic hydroxyl groups is 1. The number of nitrogens with two attached hydrogens (primary N) is 2. The molecule has 0 amide bonds. The number of carbonyl (C=O) groups is 1. The van der Waals surface area contributed by atoms with Crippen LogP contribution in [0, 0.1) is 0 Å². The van der Waals surface area contributed by atoms with Gasteiger partial charge in [-0.25, -0.2) is 0 Å². The summed E-state index contributed by atoms with van der Waals surface area (Å²) >= 11 is 0. The Morgan fingerprint density at radius 3 is 1.64 bits per heavy atom. The maximum atomic E-state index is 9.87. The van der Waals surface area contributed by atoms with Gasteiger partial charge in [-0.2, -0.15) is 0 Å². The van der Waals surface area contributed by atoms with Gasteiger partial charge in [-0.1, -0.05) is 0 Å². The molecule has 0 aliphatic heterocycles. The fraction of sp³-hybridized carbons (Fsp3) is 0.833. The molecule has 0 fully saturated rings. The molecule has 0 rings (SSSR count).